The number of anilines is 1. The smallest absolute Gasteiger partial charge is 0.355 e. The van der Waals surface area contributed by atoms with E-state index in [-0.39, 0.29) is 5.97 Å². The van der Waals surface area contributed by atoms with Crippen LogP contribution < -0.4 is 5.32 Å². The molecule has 0 radical (unpaired) electrons. The molecule has 0 amide bonds. The molecule has 120 valence electrons. The second-order valence-electron chi connectivity index (χ2n) is 5.30. The van der Waals surface area contributed by atoms with E-state index in [0.29, 0.717) is 17.9 Å². The number of aromatic nitrogens is 3. The third-order valence-electron chi connectivity index (χ3n) is 3.76. The molecule has 1 aromatic carbocycles. The van der Waals surface area contributed by atoms with Gasteiger partial charge in [-0.15, -0.1) is 0 Å². The van der Waals surface area contributed by atoms with Crippen molar-refractivity contribution in [1.29, 1.82) is 0 Å². The summed E-state index contributed by atoms with van der Waals surface area (Å²) in [6.45, 7) is 0.561. The predicted octanol–water partition coefficient (Wildman–Crippen LogP) is 3.34. The SMILES string of the molecule is COC(=O)c1cccc2nc(CNc3ccc4sncc4c3)cn12. The molecule has 1 N–H and O–H groups in total. The van der Waals surface area contributed by atoms with Gasteiger partial charge in [0.2, 0.25) is 0 Å². The highest BCUT2D eigenvalue weighted by atomic mass is 32.1. The first-order valence-corrected chi connectivity index (χ1v) is 8.15. The van der Waals surface area contributed by atoms with Crippen LogP contribution in [0.2, 0.25) is 0 Å². The monoisotopic (exact) mass is 338 g/mol. The number of carbonyl (C=O) groups excluding carboxylic acids is 1. The van der Waals surface area contributed by atoms with Gasteiger partial charge < -0.3 is 10.1 Å². The summed E-state index contributed by atoms with van der Waals surface area (Å²) in [7, 11) is 1.37. The van der Waals surface area contributed by atoms with E-state index in [1.807, 2.05) is 30.6 Å². The van der Waals surface area contributed by atoms with Crippen LogP contribution in [0.25, 0.3) is 15.7 Å². The Morgan fingerprint density at radius 2 is 2.25 bits per heavy atom. The van der Waals surface area contributed by atoms with Crippen molar-refractivity contribution in [3.05, 3.63) is 60.2 Å². The molecule has 3 heterocycles. The van der Waals surface area contributed by atoms with Crippen molar-refractivity contribution >= 4 is 38.9 Å². The summed E-state index contributed by atoms with van der Waals surface area (Å²) in [6.07, 6.45) is 3.71. The zero-order valence-corrected chi connectivity index (χ0v) is 13.7. The van der Waals surface area contributed by atoms with Crippen LogP contribution in [0.4, 0.5) is 5.69 Å². The Kier molecular flexibility index (Phi) is 3.62. The van der Waals surface area contributed by atoms with E-state index in [0.717, 1.165) is 21.5 Å². The molecule has 0 atom stereocenters. The molecule has 0 spiro atoms. The average molecular weight is 338 g/mol. The molecule has 0 saturated carbocycles. The van der Waals surface area contributed by atoms with Gasteiger partial charge in [-0.05, 0) is 41.9 Å². The lowest BCUT2D eigenvalue weighted by molar-refractivity contribution is 0.0592. The molecule has 4 rings (SSSR count). The summed E-state index contributed by atoms with van der Waals surface area (Å²) in [6, 6.07) is 11.5. The van der Waals surface area contributed by atoms with Gasteiger partial charge in [0.25, 0.3) is 0 Å². The average Bonchev–Trinajstić information content (AvgIpc) is 3.24. The third-order valence-corrected chi connectivity index (χ3v) is 4.54. The molecule has 6 nitrogen and oxygen atoms in total. The zero-order chi connectivity index (χ0) is 16.5. The molecule has 0 aliphatic heterocycles. The summed E-state index contributed by atoms with van der Waals surface area (Å²) < 4.78 is 11.9. The van der Waals surface area contributed by atoms with Crippen molar-refractivity contribution in [3.8, 4) is 0 Å². The number of ether oxygens (including phenoxy) is 1. The molecular formula is C17H14N4O2S. The lowest BCUT2D eigenvalue weighted by Crippen LogP contribution is -2.07. The minimum atomic E-state index is -0.382. The second kappa shape index (κ2) is 5.93. The predicted molar refractivity (Wildman–Crippen MR) is 93.5 cm³/mol. The molecule has 7 heteroatoms. The van der Waals surface area contributed by atoms with Crippen LogP contribution in [0.5, 0.6) is 0 Å². The van der Waals surface area contributed by atoms with Gasteiger partial charge >= 0.3 is 5.97 Å². The van der Waals surface area contributed by atoms with Crippen LogP contribution in [-0.2, 0) is 11.3 Å². The van der Waals surface area contributed by atoms with Gasteiger partial charge in [-0.1, -0.05) is 6.07 Å². The highest BCUT2D eigenvalue weighted by molar-refractivity contribution is 7.13. The molecule has 3 aromatic heterocycles. The molecule has 0 aliphatic rings. The van der Waals surface area contributed by atoms with Crippen molar-refractivity contribution in [1.82, 2.24) is 13.8 Å². The maximum atomic E-state index is 11.8. The standard InChI is InChI=1S/C17H14N4O2S/c1-23-17(22)14-3-2-4-16-20-13(10-21(14)16)9-18-12-5-6-15-11(7-12)8-19-24-15/h2-8,10,18H,9H2,1H3. The summed E-state index contributed by atoms with van der Waals surface area (Å²) in [5.74, 6) is -0.382. The number of carbonyl (C=O) groups is 1. The lowest BCUT2D eigenvalue weighted by Gasteiger charge is -2.04. The number of methoxy groups -OCH3 is 1. The topological polar surface area (TPSA) is 68.5 Å². The van der Waals surface area contributed by atoms with Crippen LogP contribution in [0.1, 0.15) is 16.2 Å². The number of pyridine rings is 1. The van der Waals surface area contributed by atoms with Gasteiger partial charge in [0.15, 0.2) is 0 Å². The van der Waals surface area contributed by atoms with Crippen molar-refractivity contribution in [2.24, 2.45) is 0 Å². The van der Waals surface area contributed by atoms with Gasteiger partial charge in [0.05, 0.1) is 24.0 Å². The van der Waals surface area contributed by atoms with E-state index in [9.17, 15) is 4.79 Å². The molecule has 0 fully saturated rings. The summed E-state index contributed by atoms with van der Waals surface area (Å²) in [4.78, 5) is 16.4. The molecule has 24 heavy (non-hydrogen) atoms. The van der Waals surface area contributed by atoms with Crippen LogP contribution in [0, 0.1) is 0 Å². The minimum absolute atomic E-state index is 0.382. The van der Waals surface area contributed by atoms with Gasteiger partial charge in [0, 0.05) is 23.5 Å². The van der Waals surface area contributed by atoms with Crippen molar-refractivity contribution < 1.29 is 9.53 Å². The van der Waals surface area contributed by atoms with Gasteiger partial charge in [0.1, 0.15) is 11.3 Å². The number of fused-ring (bicyclic) bond motifs is 2. The van der Waals surface area contributed by atoms with E-state index in [4.69, 9.17) is 4.74 Å². The normalized spacial score (nSPS) is 11.0. The van der Waals surface area contributed by atoms with Crippen molar-refractivity contribution in [2.45, 2.75) is 6.54 Å². The lowest BCUT2D eigenvalue weighted by atomic mass is 10.2. The molecular weight excluding hydrogens is 324 g/mol. The third kappa shape index (κ3) is 2.59. The molecule has 0 bridgehead atoms. The number of nitrogens with one attached hydrogen (secondary N) is 1. The Morgan fingerprint density at radius 1 is 1.33 bits per heavy atom. The highest BCUT2D eigenvalue weighted by Crippen LogP contribution is 2.22. The fourth-order valence-electron chi connectivity index (χ4n) is 2.59. The fraction of sp³-hybridized carbons (Fsp3) is 0.118. The Balaban J connectivity index is 1.59. The van der Waals surface area contributed by atoms with Gasteiger partial charge in [-0.3, -0.25) is 4.40 Å². The quantitative estimate of drug-likeness (QED) is 0.578. The molecule has 0 aliphatic carbocycles. The van der Waals surface area contributed by atoms with Crippen LogP contribution in [0.3, 0.4) is 0 Å². The van der Waals surface area contributed by atoms with E-state index in [2.05, 4.69) is 20.7 Å². The molecule has 0 saturated heterocycles. The maximum Gasteiger partial charge on any atom is 0.355 e. The Labute approximate surface area is 141 Å². The van der Waals surface area contributed by atoms with Crippen molar-refractivity contribution in [3.63, 3.8) is 0 Å². The Bertz CT molecular complexity index is 1040. The highest BCUT2D eigenvalue weighted by Gasteiger charge is 2.12. The molecule has 0 unspecified atom stereocenters. The van der Waals surface area contributed by atoms with Crippen LogP contribution >= 0.6 is 11.5 Å². The number of nitrogens with zero attached hydrogens (tertiary/aromatic N) is 3. The first-order chi connectivity index (χ1) is 11.7. The maximum absolute atomic E-state index is 11.8. The summed E-state index contributed by atoms with van der Waals surface area (Å²) in [5, 5.41) is 4.47. The minimum Gasteiger partial charge on any atom is -0.464 e. The first-order valence-electron chi connectivity index (χ1n) is 7.38. The zero-order valence-electron chi connectivity index (χ0n) is 12.9. The number of hydrogen-bond acceptors (Lipinski definition) is 6. The second-order valence-corrected chi connectivity index (χ2v) is 6.13. The number of benzene rings is 1. The number of rotatable bonds is 4. The van der Waals surface area contributed by atoms with E-state index in [1.165, 1.54) is 18.6 Å². The van der Waals surface area contributed by atoms with Gasteiger partial charge in [-0.2, -0.15) is 4.37 Å². The van der Waals surface area contributed by atoms with E-state index in [1.54, 1.807) is 16.5 Å². The van der Waals surface area contributed by atoms with Crippen molar-refractivity contribution in [2.75, 3.05) is 12.4 Å². The largest absolute Gasteiger partial charge is 0.464 e. The van der Waals surface area contributed by atoms with Crippen LogP contribution in [0.15, 0.2) is 48.8 Å². The Morgan fingerprint density at radius 3 is 3.12 bits per heavy atom. The van der Waals surface area contributed by atoms with Crippen LogP contribution in [-0.4, -0.2) is 26.8 Å². The summed E-state index contributed by atoms with van der Waals surface area (Å²) in [5.41, 5.74) is 3.02. The van der Waals surface area contributed by atoms with Gasteiger partial charge in [-0.25, -0.2) is 9.78 Å². The fourth-order valence-corrected chi connectivity index (χ4v) is 3.22. The summed E-state index contributed by atoms with van der Waals surface area (Å²) >= 11 is 1.48. The number of imidazole rings is 1. The number of hydrogen-bond donors (Lipinski definition) is 1. The molecule has 4 aromatic rings. The number of esters is 1. The first kappa shape index (κ1) is 14.6. The van der Waals surface area contributed by atoms with E-state index >= 15 is 0 Å². The van der Waals surface area contributed by atoms with E-state index < -0.39 is 0 Å². The Hall–Kier alpha value is -2.93.